The Bertz CT molecular complexity index is 484. The van der Waals surface area contributed by atoms with Gasteiger partial charge >= 0.3 is 6.18 Å². The average molecular weight is 291 g/mol. The van der Waals surface area contributed by atoms with Crippen molar-refractivity contribution in [2.45, 2.75) is 6.18 Å². The first kappa shape index (κ1) is 14.7. The van der Waals surface area contributed by atoms with E-state index in [1.54, 1.807) is 0 Å². The van der Waals surface area contributed by atoms with Gasteiger partial charge in [0.25, 0.3) is 5.91 Å². The van der Waals surface area contributed by atoms with Gasteiger partial charge in [0.1, 0.15) is 0 Å². The molecule has 1 aliphatic rings. The summed E-state index contributed by atoms with van der Waals surface area (Å²) in [6.07, 6.45) is -3.02. The van der Waals surface area contributed by atoms with E-state index < -0.39 is 24.6 Å². The lowest BCUT2D eigenvalue weighted by atomic mass is 10.2. The minimum atomic E-state index is -4.25. The maximum atomic E-state index is 13.4. The van der Waals surface area contributed by atoms with Gasteiger partial charge in [0.05, 0.1) is 12.1 Å². The third-order valence-electron chi connectivity index (χ3n) is 3.05. The Balaban J connectivity index is 1.94. The van der Waals surface area contributed by atoms with Crippen molar-refractivity contribution < 1.29 is 22.4 Å². The Hall–Kier alpha value is -1.70. The van der Waals surface area contributed by atoms with E-state index in [4.69, 9.17) is 0 Å². The van der Waals surface area contributed by atoms with Crippen LogP contribution in [-0.2, 0) is 0 Å². The topological polar surface area (TPSA) is 36.4 Å². The predicted octanol–water partition coefficient (Wildman–Crippen LogP) is 1.54. The number of piperazine rings is 1. The molecule has 0 N–H and O–H groups in total. The summed E-state index contributed by atoms with van der Waals surface area (Å²) >= 11 is 0. The zero-order valence-corrected chi connectivity index (χ0v) is 10.5. The zero-order valence-electron chi connectivity index (χ0n) is 10.5. The van der Waals surface area contributed by atoms with Crippen LogP contribution in [0, 0.1) is 5.95 Å². The molecule has 0 radical (unpaired) electrons. The molecule has 2 heterocycles. The van der Waals surface area contributed by atoms with E-state index in [9.17, 15) is 22.4 Å². The van der Waals surface area contributed by atoms with Crippen LogP contribution in [0.4, 0.5) is 17.6 Å². The zero-order chi connectivity index (χ0) is 14.8. The van der Waals surface area contributed by atoms with Crippen molar-refractivity contribution in [2.24, 2.45) is 0 Å². The molecule has 8 heteroatoms. The third-order valence-corrected chi connectivity index (χ3v) is 3.05. The lowest BCUT2D eigenvalue weighted by Gasteiger charge is -2.34. The number of pyridine rings is 1. The molecule has 4 nitrogen and oxygen atoms in total. The molecule has 1 fully saturated rings. The first-order valence-corrected chi connectivity index (χ1v) is 6.06. The molecule has 2 rings (SSSR count). The Labute approximate surface area is 113 Å². The minimum Gasteiger partial charge on any atom is -0.336 e. The number of carbonyl (C=O) groups is 1. The molecule has 0 bridgehead atoms. The first-order chi connectivity index (χ1) is 9.37. The van der Waals surface area contributed by atoms with Gasteiger partial charge in [0.15, 0.2) is 0 Å². The fourth-order valence-electron chi connectivity index (χ4n) is 2.08. The molecule has 0 aromatic carbocycles. The maximum absolute atomic E-state index is 13.4. The number of aromatic nitrogens is 1. The molecule has 0 saturated carbocycles. The number of alkyl halides is 3. The van der Waals surface area contributed by atoms with Gasteiger partial charge in [-0.3, -0.25) is 9.69 Å². The summed E-state index contributed by atoms with van der Waals surface area (Å²) in [6.45, 7) is -0.469. The summed E-state index contributed by atoms with van der Waals surface area (Å²) in [5.74, 6) is -1.41. The summed E-state index contributed by atoms with van der Waals surface area (Å²) in [5.41, 5.74) is -0.156. The van der Waals surface area contributed by atoms with Gasteiger partial charge in [-0.05, 0) is 12.1 Å². The molecule has 1 amide bonds. The molecular weight excluding hydrogens is 278 g/mol. The first-order valence-electron chi connectivity index (χ1n) is 6.06. The number of halogens is 4. The van der Waals surface area contributed by atoms with Crippen molar-refractivity contribution in [1.29, 1.82) is 0 Å². The normalized spacial score (nSPS) is 17.3. The summed E-state index contributed by atoms with van der Waals surface area (Å²) in [6, 6.07) is 2.75. The quantitative estimate of drug-likeness (QED) is 0.612. The van der Waals surface area contributed by atoms with Crippen LogP contribution in [0.3, 0.4) is 0 Å². The van der Waals surface area contributed by atoms with Gasteiger partial charge in [0, 0.05) is 32.4 Å². The van der Waals surface area contributed by atoms with Crippen LogP contribution in [0.25, 0.3) is 0 Å². The van der Waals surface area contributed by atoms with E-state index in [0.29, 0.717) is 0 Å². The lowest BCUT2D eigenvalue weighted by Crippen LogP contribution is -2.51. The van der Waals surface area contributed by atoms with Crippen LogP contribution in [0.1, 0.15) is 10.4 Å². The standard InChI is InChI=1S/C12H13F4N3O/c13-10-9(2-1-3-17-10)11(20)19-6-4-18(5-7-19)8-12(14,15)16/h1-3H,4-8H2. The molecule has 0 unspecified atom stereocenters. The molecular formula is C12H13F4N3O. The van der Waals surface area contributed by atoms with E-state index in [0.717, 1.165) is 0 Å². The lowest BCUT2D eigenvalue weighted by molar-refractivity contribution is -0.148. The highest BCUT2D eigenvalue weighted by atomic mass is 19.4. The van der Waals surface area contributed by atoms with Crippen molar-refractivity contribution in [3.05, 3.63) is 29.8 Å². The maximum Gasteiger partial charge on any atom is 0.401 e. The highest BCUT2D eigenvalue weighted by molar-refractivity contribution is 5.94. The van der Waals surface area contributed by atoms with Gasteiger partial charge in [-0.15, -0.1) is 0 Å². The highest BCUT2D eigenvalue weighted by Gasteiger charge is 2.33. The van der Waals surface area contributed by atoms with E-state index in [1.807, 2.05) is 0 Å². The minimum absolute atomic E-state index is 0.118. The van der Waals surface area contributed by atoms with Gasteiger partial charge in [-0.2, -0.15) is 17.6 Å². The molecule has 0 aliphatic carbocycles. The number of nitrogens with zero attached hydrogens (tertiary/aromatic N) is 3. The van der Waals surface area contributed by atoms with Gasteiger partial charge in [-0.1, -0.05) is 0 Å². The van der Waals surface area contributed by atoms with Crippen molar-refractivity contribution >= 4 is 5.91 Å². The van der Waals surface area contributed by atoms with Crippen LogP contribution in [0.2, 0.25) is 0 Å². The van der Waals surface area contributed by atoms with Gasteiger partial charge < -0.3 is 4.90 Å². The number of hydrogen-bond acceptors (Lipinski definition) is 3. The molecule has 0 spiro atoms. The SMILES string of the molecule is O=C(c1cccnc1F)N1CCN(CC(F)(F)F)CC1. The predicted molar refractivity (Wildman–Crippen MR) is 62.6 cm³/mol. The Morgan fingerprint density at radius 3 is 2.45 bits per heavy atom. The summed E-state index contributed by atoms with van der Waals surface area (Å²) in [4.78, 5) is 18.0. The van der Waals surface area contributed by atoms with Gasteiger partial charge in [0.2, 0.25) is 5.95 Å². The molecule has 1 aromatic rings. The Kier molecular flexibility index (Phi) is 4.22. The largest absolute Gasteiger partial charge is 0.401 e. The molecule has 1 aliphatic heterocycles. The third kappa shape index (κ3) is 3.66. The molecule has 110 valence electrons. The molecule has 0 atom stereocenters. The number of amides is 1. The van der Waals surface area contributed by atoms with E-state index in [1.165, 1.54) is 28.1 Å². The van der Waals surface area contributed by atoms with Crippen molar-refractivity contribution in [3.63, 3.8) is 0 Å². The van der Waals surface area contributed by atoms with E-state index >= 15 is 0 Å². The average Bonchev–Trinajstić information content (AvgIpc) is 2.37. The van der Waals surface area contributed by atoms with Crippen LogP contribution in [0.5, 0.6) is 0 Å². The second kappa shape index (κ2) is 5.74. The van der Waals surface area contributed by atoms with Crippen molar-refractivity contribution in [3.8, 4) is 0 Å². The molecule has 1 aromatic heterocycles. The summed E-state index contributed by atoms with van der Waals surface area (Å²) < 4.78 is 50.1. The summed E-state index contributed by atoms with van der Waals surface area (Å²) in [5, 5.41) is 0. The van der Waals surface area contributed by atoms with Crippen molar-refractivity contribution in [2.75, 3.05) is 32.7 Å². The molecule has 20 heavy (non-hydrogen) atoms. The van der Waals surface area contributed by atoms with E-state index in [2.05, 4.69) is 4.98 Å². The number of hydrogen-bond donors (Lipinski definition) is 0. The Morgan fingerprint density at radius 1 is 1.25 bits per heavy atom. The number of rotatable bonds is 2. The molecule has 1 saturated heterocycles. The smallest absolute Gasteiger partial charge is 0.336 e. The second-order valence-corrected chi connectivity index (χ2v) is 4.53. The monoisotopic (exact) mass is 291 g/mol. The van der Waals surface area contributed by atoms with Crippen molar-refractivity contribution in [1.82, 2.24) is 14.8 Å². The van der Waals surface area contributed by atoms with Crippen LogP contribution < -0.4 is 0 Å². The van der Waals surface area contributed by atoms with Crippen LogP contribution in [-0.4, -0.2) is 59.6 Å². The number of carbonyl (C=O) groups excluding carboxylic acids is 1. The fourth-order valence-corrected chi connectivity index (χ4v) is 2.08. The highest BCUT2D eigenvalue weighted by Crippen LogP contribution is 2.18. The van der Waals surface area contributed by atoms with Gasteiger partial charge in [-0.25, -0.2) is 4.98 Å². The summed E-state index contributed by atoms with van der Waals surface area (Å²) in [7, 11) is 0. The Morgan fingerprint density at radius 2 is 1.90 bits per heavy atom. The van der Waals surface area contributed by atoms with Crippen LogP contribution >= 0.6 is 0 Å². The van der Waals surface area contributed by atoms with E-state index in [-0.39, 0.29) is 31.7 Å². The second-order valence-electron chi connectivity index (χ2n) is 4.53. The van der Waals surface area contributed by atoms with Crippen LogP contribution in [0.15, 0.2) is 18.3 Å². The fraction of sp³-hybridized carbons (Fsp3) is 0.500.